The third-order valence-electron chi connectivity index (χ3n) is 5.95. The molecule has 1 N–H and O–H groups in total. The number of sulfone groups is 1. The van der Waals surface area contributed by atoms with Crippen LogP contribution in [0, 0.1) is 17.6 Å². The van der Waals surface area contributed by atoms with Crippen LogP contribution in [0.4, 0.5) is 8.78 Å². The third-order valence-corrected chi connectivity index (χ3v) is 7.24. The van der Waals surface area contributed by atoms with Crippen molar-refractivity contribution in [1.29, 1.82) is 0 Å². The smallest absolute Gasteiger partial charge is 0.256 e. The number of benzene rings is 1. The molecule has 2 aromatic rings. The number of hydrogen-bond acceptors (Lipinski definition) is 5. The molecule has 1 aromatic carbocycles. The maximum absolute atomic E-state index is 14.5. The summed E-state index contributed by atoms with van der Waals surface area (Å²) in [6.07, 6.45) is 4.73. The molecule has 1 aliphatic heterocycles. The van der Waals surface area contributed by atoms with Crippen molar-refractivity contribution in [3.8, 4) is 0 Å². The Balaban J connectivity index is 1.52. The van der Waals surface area contributed by atoms with Crippen molar-refractivity contribution in [2.45, 2.75) is 42.8 Å². The molecule has 1 saturated carbocycles. The number of nitrogens with one attached hydrogen (secondary N) is 1. The summed E-state index contributed by atoms with van der Waals surface area (Å²) in [7, 11) is -3.51. The van der Waals surface area contributed by atoms with Gasteiger partial charge in [0.2, 0.25) is 5.91 Å². The van der Waals surface area contributed by atoms with Crippen LogP contribution in [0.3, 0.4) is 0 Å². The second kappa shape index (κ2) is 8.98. The summed E-state index contributed by atoms with van der Waals surface area (Å²) in [6, 6.07) is 3.00. The van der Waals surface area contributed by atoms with Crippen molar-refractivity contribution in [3.05, 3.63) is 58.2 Å². The molecule has 2 heterocycles. The fourth-order valence-electron chi connectivity index (χ4n) is 4.08. The number of nitrogens with zero attached hydrogens (tertiary/aromatic N) is 2. The largest absolute Gasteiger partial charge is 0.347 e. The van der Waals surface area contributed by atoms with Crippen LogP contribution >= 0.6 is 11.6 Å². The van der Waals surface area contributed by atoms with Crippen molar-refractivity contribution < 1.29 is 26.8 Å². The molecular formula is C22H22ClF2N3O4S. The summed E-state index contributed by atoms with van der Waals surface area (Å²) in [5.41, 5.74) is 0.191. The highest BCUT2D eigenvalue weighted by atomic mass is 35.5. The second-order valence-corrected chi connectivity index (χ2v) is 10.8. The molecule has 1 saturated heterocycles. The number of aromatic nitrogens is 1. The molecule has 33 heavy (non-hydrogen) atoms. The zero-order valence-corrected chi connectivity index (χ0v) is 19.3. The summed E-state index contributed by atoms with van der Waals surface area (Å²) in [5, 5.41) is 2.33. The number of carbonyl (C=O) groups excluding carboxylic acids is 2. The summed E-state index contributed by atoms with van der Waals surface area (Å²) < 4.78 is 51.7. The van der Waals surface area contributed by atoms with Gasteiger partial charge in [0.1, 0.15) is 17.7 Å². The molecular weight excluding hydrogens is 476 g/mol. The quantitative estimate of drug-likeness (QED) is 0.618. The van der Waals surface area contributed by atoms with Crippen LogP contribution in [0.25, 0.3) is 0 Å². The predicted octanol–water partition coefficient (Wildman–Crippen LogP) is 3.29. The Bertz CT molecular complexity index is 1200. The first-order valence-electron chi connectivity index (χ1n) is 10.5. The molecule has 4 rings (SSSR count). The van der Waals surface area contributed by atoms with E-state index in [1.165, 1.54) is 23.2 Å². The summed E-state index contributed by atoms with van der Waals surface area (Å²) >= 11 is 5.66. The van der Waals surface area contributed by atoms with Gasteiger partial charge in [0.05, 0.1) is 16.6 Å². The maximum Gasteiger partial charge on any atom is 0.256 e. The average Bonchev–Trinajstić information content (AvgIpc) is 3.49. The van der Waals surface area contributed by atoms with E-state index in [1.807, 2.05) is 0 Å². The summed E-state index contributed by atoms with van der Waals surface area (Å²) in [4.78, 5) is 31.3. The number of hydrogen-bond donors (Lipinski definition) is 1. The van der Waals surface area contributed by atoms with Gasteiger partial charge >= 0.3 is 0 Å². The molecule has 0 spiro atoms. The van der Waals surface area contributed by atoms with Gasteiger partial charge in [-0.15, -0.1) is 0 Å². The number of likely N-dealkylation sites (tertiary alicyclic amines) is 1. The summed E-state index contributed by atoms with van der Waals surface area (Å²) in [6.45, 7) is 0.336. The highest BCUT2D eigenvalue weighted by Crippen LogP contribution is 2.42. The van der Waals surface area contributed by atoms with Crippen molar-refractivity contribution in [3.63, 3.8) is 0 Å². The number of pyridine rings is 1. The Hall–Kier alpha value is -2.59. The van der Waals surface area contributed by atoms with Crippen molar-refractivity contribution in [1.82, 2.24) is 15.2 Å². The molecule has 2 amide bonds. The van der Waals surface area contributed by atoms with Crippen LogP contribution < -0.4 is 5.32 Å². The number of rotatable bonds is 6. The number of halogens is 3. The van der Waals surface area contributed by atoms with Crippen LogP contribution in [-0.2, 0) is 14.6 Å². The van der Waals surface area contributed by atoms with Crippen LogP contribution in [0.15, 0.2) is 35.5 Å². The number of carbonyl (C=O) groups is 2. The van der Waals surface area contributed by atoms with Gasteiger partial charge in [-0.3, -0.25) is 9.59 Å². The Labute approximate surface area is 195 Å². The van der Waals surface area contributed by atoms with Crippen LogP contribution in [0.1, 0.15) is 47.6 Å². The molecule has 0 bridgehead atoms. The van der Waals surface area contributed by atoms with E-state index in [4.69, 9.17) is 11.6 Å². The van der Waals surface area contributed by atoms with E-state index >= 15 is 0 Å². The van der Waals surface area contributed by atoms with Crippen molar-refractivity contribution in [2.75, 3.05) is 12.8 Å². The van der Waals surface area contributed by atoms with Crippen LogP contribution in [0.2, 0.25) is 5.02 Å². The first-order valence-corrected chi connectivity index (χ1v) is 12.7. The minimum atomic E-state index is -3.51. The molecule has 7 nitrogen and oxygen atoms in total. The minimum Gasteiger partial charge on any atom is -0.347 e. The van der Waals surface area contributed by atoms with Gasteiger partial charge < -0.3 is 10.2 Å². The van der Waals surface area contributed by atoms with Crippen molar-refractivity contribution in [2.24, 2.45) is 5.92 Å². The Morgan fingerprint density at radius 3 is 2.52 bits per heavy atom. The Morgan fingerprint density at radius 2 is 1.91 bits per heavy atom. The molecule has 2 fully saturated rings. The topological polar surface area (TPSA) is 96.4 Å². The van der Waals surface area contributed by atoms with Gasteiger partial charge in [0.25, 0.3) is 5.91 Å². The Morgan fingerprint density at radius 1 is 1.18 bits per heavy atom. The Kier molecular flexibility index (Phi) is 6.41. The van der Waals surface area contributed by atoms with E-state index in [0.29, 0.717) is 19.4 Å². The zero-order valence-electron chi connectivity index (χ0n) is 17.7. The number of amides is 2. The molecule has 11 heteroatoms. The van der Waals surface area contributed by atoms with E-state index in [9.17, 15) is 26.8 Å². The van der Waals surface area contributed by atoms with E-state index < -0.39 is 45.4 Å². The van der Waals surface area contributed by atoms with Gasteiger partial charge in [0.15, 0.2) is 14.9 Å². The lowest BCUT2D eigenvalue weighted by Gasteiger charge is -2.27. The van der Waals surface area contributed by atoms with E-state index in [0.717, 1.165) is 31.2 Å². The molecule has 0 unspecified atom stereocenters. The maximum atomic E-state index is 14.5. The van der Waals surface area contributed by atoms with Gasteiger partial charge in [0, 0.05) is 24.6 Å². The lowest BCUT2D eigenvalue weighted by Crippen LogP contribution is -2.47. The normalized spacial score (nSPS) is 19.4. The molecule has 2 aliphatic rings. The first-order chi connectivity index (χ1) is 15.6. The van der Waals surface area contributed by atoms with E-state index in [1.54, 1.807) is 0 Å². The van der Waals surface area contributed by atoms with E-state index in [-0.39, 0.29) is 27.1 Å². The summed E-state index contributed by atoms with van der Waals surface area (Å²) in [5.74, 6) is -2.40. The fourth-order valence-corrected chi connectivity index (χ4v) is 4.79. The standard InChI is InChI=1S/C22H22ClF2N3O4S/c1-33(31,32)19-7-6-13(11-26-19)22(30)28-8-2-3-18(28)21(29)27-20(12-4-5-12)14-9-17(25)15(23)10-16(14)24/h6-7,9-12,18,20H,2-5,8H2,1H3,(H,27,29)/t18-,20-/m1/s1. The lowest BCUT2D eigenvalue weighted by atomic mass is 10.0. The van der Waals surface area contributed by atoms with Gasteiger partial charge in [-0.25, -0.2) is 22.2 Å². The SMILES string of the molecule is CS(=O)(=O)c1ccc(C(=O)N2CCC[C@@H]2C(=O)N[C@@H](c2cc(F)c(Cl)cc2F)C2CC2)cn1. The van der Waals surface area contributed by atoms with Crippen LogP contribution in [0.5, 0.6) is 0 Å². The predicted molar refractivity (Wildman–Crippen MR) is 116 cm³/mol. The lowest BCUT2D eigenvalue weighted by molar-refractivity contribution is -0.125. The van der Waals surface area contributed by atoms with Gasteiger partial charge in [-0.05, 0) is 55.9 Å². The van der Waals surface area contributed by atoms with Gasteiger partial charge in [-0.1, -0.05) is 11.6 Å². The molecule has 2 atom stereocenters. The highest BCUT2D eigenvalue weighted by molar-refractivity contribution is 7.90. The third kappa shape index (κ3) is 5.01. The molecule has 1 aliphatic carbocycles. The second-order valence-electron chi connectivity index (χ2n) is 8.43. The fraction of sp³-hybridized carbons (Fsp3) is 0.409. The highest BCUT2D eigenvalue weighted by Gasteiger charge is 2.40. The monoisotopic (exact) mass is 497 g/mol. The van der Waals surface area contributed by atoms with Crippen molar-refractivity contribution >= 4 is 33.3 Å². The molecule has 1 aromatic heterocycles. The van der Waals surface area contributed by atoms with E-state index in [2.05, 4.69) is 10.3 Å². The molecule has 0 radical (unpaired) electrons. The average molecular weight is 498 g/mol. The first kappa shape index (κ1) is 23.6. The zero-order chi connectivity index (χ0) is 23.9. The van der Waals surface area contributed by atoms with Crippen LogP contribution in [-0.4, -0.2) is 49.0 Å². The minimum absolute atomic E-state index is 0.0256. The van der Waals surface area contributed by atoms with Gasteiger partial charge in [-0.2, -0.15) is 0 Å². The molecule has 176 valence electrons.